The van der Waals surface area contributed by atoms with Crippen LogP contribution in [0, 0.1) is 0 Å². The van der Waals surface area contributed by atoms with Gasteiger partial charge in [0.15, 0.2) is 6.17 Å². The second kappa shape index (κ2) is 7.19. The predicted molar refractivity (Wildman–Crippen MR) is 99.3 cm³/mol. The van der Waals surface area contributed by atoms with Crippen molar-refractivity contribution >= 4 is 17.9 Å². The first-order valence-electron chi connectivity index (χ1n) is 9.39. The number of nitrogens with zero attached hydrogens (tertiary/aromatic N) is 4. The molecule has 4 rings (SSSR count). The Morgan fingerprint density at radius 3 is 2.56 bits per heavy atom. The highest BCUT2D eigenvalue weighted by Crippen LogP contribution is 2.24. The van der Waals surface area contributed by atoms with Gasteiger partial charge in [-0.25, -0.2) is 9.69 Å². The molecule has 144 valence electrons. The number of hydrogen-bond donors (Lipinski definition) is 1. The maximum Gasteiger partial charge on any atom is 0.351 e. The molecule has 0 bridgehead atoms. The largest absolute Gasteiger partial charge is 0.375 e. The van der Waals surface area contributed by atoms with E-state index < -0.39 is 6.04 Å². The van der Waals surface area contributed by atoms with Gasteiger partial charge in [0.25, 0.3) is 5.91 Å². The van der Waals surface area contributed by atoms with Crippen LogP contribution in [0.4, 0.5) is 4.79 Å². The Hall–Kier alpha value is -2.61. The number of benzene rings is 1. The highest BCUT2D eigenvalue weighted by atomic mass is 16.5. The lowest BCUT2D eigenvalue weighted by atomic mass is 10.1. The van der Waals surface area contributed by atoms with Crippen molar-refractivity contribution in [3.63, 3.8) is 0 Å². The van der Waals surface area contributed by atoms with Crippen molar-refractivity contribution in [1.29, 1.82) is 0 Å². The monoisotopic (exact) mass is 372 g/mol. The predicted octanol–water partition coefficient (Wildman–Crippen LogP) is -0.248. The van der Waals surface area contributed by atoms with Gasteiger partial charge in [0.2, 0.25) is 6.04 Å². The highest BCUT2D eigenvalue weighted by molar-refractivity contribution is 6.03. The first-order valence-corrected chi connectivity index (χ1v) is 9.39. The summed E-state index contributed by atoms with van der Waals surface area (Å²) < 4.78 is 7.70. The Kier molecular flexibility index (Phi) is 4.73. The molecule has 8 heteroatoms. The molecule has 8 nitrogen and oxygen atoms in total. The molecule has 3 amide bonds. The topological polar surface area (TPSA) is 68.1 Å². The van der Waals surface area contributed by atoms with Crippen LogP contribution in [-0.2, 0) is 16.0 Å². The van der Waals surface area contributed by atoms with Crippen LogP contribution < -0.4 is 5.32 Å². The zero-order valence-electron chi connectivity index (χ0n) is 15.8. The van der Waals surface area contributed by atoms with Crippen molar-refractivity contribution in [1.82, 2.24) is 20.0 Å². The van der Waals surface area contributed by atoms with Crippen molar-refractivity contribution in [2.75, 3.05) is 46.9 Å². The minimum Gasteiger partial charge on any atom is -0.375 e. The van der Waals surface area contributed by atoms with Crippen LogP contribution in [0.15, 0.2) is 30.3 Å². The first-order chi connectivity index (χ1) is 13.1. The van der Waals surface area contributed by atoms with Crippen molar-refractivity contribution < 1.29 is 18.9 Å². The number of nitrogens with one attached hydrogen (secondary N) is 1. The van der Waals surface area contributed by atoms with Crippen LogP contribution in [0.5, 0.6) is 0 Å². The molecule has 3 aliphatic heterocycles. The van der Waals surface area contributed by atoms with Gasteiger partial charge in [-0.2, -0.15) is 0 Å². The SMILES string of the molecule is CN1C(=O)[C@H]2[C@@H](NC(=[N+]3CCOCC3)N2CCc2ccccc2)N(C)C1=O. The first kappa shape index (κ1) is 17.8. The summed E-state index contributed by atoms with van der Waals surface area (Å²) in [6, 6.07) is 9.55. The summed E-state index contributed by atoms with van der Waals surface area (Å²) >= 11 is 0. The molecule has 0 unspecified atom stereocenters. The highest BCUT2D eigenvalue weighted by Gasteiger charge is 2.57. The van der Waals surface area contributed by atoms with Gasteiger partial charge in [-0.05, 0) is 5.56 Å². The number of rotatable bonds is 3. The standard InChI is InChI=1S/C19H25N5O3/c1-21-16-15(17(25)22(2)19(21)26)24(9-8-14-6-4-3-5-7-14)18(20-16)23-10-12-27-13-11-23/h3-7,15-16H,8-13H2,1-2H3/p+1/t15-,16+/m1/s1. The van der Waals surface area contributed by atoms with Gasteiger partial charge in [0, 0.05) is 20.5 Å². The summed E-state index contributed by atoms with van der Waals surface area (Å²) in [6.45, 7) is 3.56. The molecule has 1 aromatic carbocycles. The lowest BCUT2D eigenvalue weighted by Gasteiger charge is -2.36. The van der Waals surface area contributed by atoms with Gasteiger partial charge in [0.05, 0.1) is 32.8 Å². The minimum atomic E-state index is -0.417. The second-order valence-electron chi connectivity index (χ2n) is 7.18. The third-order valence-corrected chi connectivity index (χ3v) is 5.57. The number of likely N-dealkylation sites (N-methyl/N-ethyl adjacent to an activating group) is 2. The number of hydrogen-bond acceptors (Lipinski definition) is 3. The molecule has 1 aromatic rings. The number of amides is 3. The van der Waals surface area contributed by atoms with E-state index in [1.807, 2.05) is 18.2 Å². The Morgan fingerprint density at radius 1 is 1.15 bits per heavy atom. The molecule has 0 aromatic heterocycles. The van der Waals surface area contributed by atoms with Gasteiger partial charge < -0.3 is 4.74 Å². The van der Waals surface area contributed by atoms with Gasteiger partial charge in [-0.15, -0.1) is 0 Å². The Bertz CT molecular complexity index is 758. The molecule has 3 heterocycles. The number of guanidine groups is 1. The van der Waals surface area contributed by atoms with E-state index in [0.717, 1.165) is 25.5 Å². The van der Waals surface area contributed by atoms with E-state index in [0.29, 0.717) is 19.8 Å². The molecule has 0 spiro atoms. The molecule has 1 N–H and O–H groups in total. The van der Waals surface area contributed by atoms with Gasteiger partial charge in [-0.3, -0.25) is 24.5 Å². The Morgan fingerprint density at radius 2 is 1.85 bits per heavy atom. The zero-order valence-corrected chi connectivity index (χ0v) is 15.8. The molecule has 27 heavy (non-hydrogen) atoms. The maximum atomic E-state index is 13.0. The number of imide groups is 1. The normalized spacial score (nSPS) is 25.8. The second-order valence-corrected chi connectivity index (χ2v) is 7.18. The number of fused-ring (bicyclic) bond motifs is 1. The summed E-state index contributed by atoms with van der Waals surface area (Å²) in [5, 5.41) is 3.45. The summed E-state index contributed by atoms with van der Waals surface area (Å²) in [4.78, 5) is 30.3. The number of urea groups is 1. The fourth-order valence-electron chi connectivity index (χ4n) is 4.01. The van der Waals surface area contributed by atoms with E-state index in [2.05, 4.69) is 26.9 Å². The molecule has 0 radical (unpaired) electrons. The number of ether oxygens (including phenoxy) is 1. The fourth-order valence-corrected chi connectivity index (χ4v) is 4.01. The molecular weight excluding hydrogens is 346 g/mol. The third-order valence-electron chi connectivity index (χ3n) is 5.57. The lowest BCUT2D eigenvalue weighted by Crippen LogP contribution is -2.65. The summed E-state index contributed by atoms with van der Waals surface area (Å²) in [5.74, 6) is 0.763. The summed E-state index contributed by atoms with van der Waals surface area (Å²) in [6.07, 6.45) is 0.476. The molecule has 2 atom stereocenters. The average Bonchev–Trinajstić information content (AvgIpc) is 3.10. The third kappa shape index (κ3) is 3.14. The van der Waals surface area contributed by atoms with E-state index in [1.165, 1.54) is 10.5 Å². The van der Waals surface area contributed by atoms with Crippen molar-refractivity contribution in [3.8, 4) is 0 Å². The zero-order chi connectivity index (χ0) is 19.0. The van der Waals surface area contributed by atoms with Crippen LogP contribution in [-0.4, -0.2) is 96.3 Å². The van der Waals surface area contributed by atoms with E-state index in [4.69, 9.17) is 4.74 Å². The molecule has 3 saturated heterocycles. The van der Waals surface area contributed by atoms with Crippen LogP contribution in [0.3, 0.4) is 0 Å². The minimum absolute atomic E-state index is 0.160. The molecule has 3 aliphatic rings. The van der Waals surface area contributed by atoms with E-state index >= 15 is 0 Å². The van der Waals surface area contributed by atoms with Crippen LogP contribution in [0.25, 0.3) is 0 Å². The van der Waals surface area contributed by atoms with Crippen molar-refractivity contribution in [2.45, 2.75) is 18.6 Å². The van der Waals surface area contributed by atoms with E-state index in [-0.39, 0.29) is 18.1 Å². The molecule has 0 aliphatic carbocycles. The van der Waals surface area contributed by atoms with Crippen LogP contribution in [0.2, 0.25) is 0 Å². The number of carbonyl (C=O) groups is 2. The summed E-state index contributed by atoms with van der Waals surface area (Å²) in [7, 11) is 3.30. The summed E-state index contributed by atoms with van der Waals surface area (Å²) in [5.41, 5.74) is 1.23. The van der Waals surface area contributed by atoms with E-state index in [9.17, 15) is 9.59 Å². The van der Waals surface area contributed by atoms with E-state index in [1.54, 1.807) is 19.0 Å². The van der Waals surface area contributed by atoms with Gasteiger partial charge >= 0.3 is 12.0 Å². The maximum absolute atomic E-state index is 13.0. The molecule has 0 saturated carbocycles. The fraction of sp³-hybridized carbons (Fsp3) is 0.526. The van der Waals surface area contributed by atoms with Crippen LogP contribution in [0.1, 0.15) is 5.56 Å². The smallest absolute Gasteiger partial charge is 0.351 e. The Labute approximate surface area is 159 Å². The molecule has 3 fully saturated rings. The number of morpholine rings is 1. The van der Waals surface area contributed by atoms with Crippen molar-refractivity contribution in [3.05, 3.63) is 35.9 Å². The average molecular weight is 372 g/mol. The lowest BCUT2D eigenvalue weighted by molar-refractivity contribution is -0.554. The molecular formula is C19H26N5O3+. The van der Waals surface area contributed by atoms with Crippen molar-refractivity contribution in [2.24, 2.45) is 0 Å². The number of carbonyl (C=O) groups excluding carboxylic acids is 2. The quantitative estimate of drug-likeness (QED) is 0.742. The van der Waals surface area contributed by atoms with Crippen LogP contribution >= 0.6 is 0 Å². The Balaban J connectivity index is 1.66. The van der Waals surface area contributed by atoms with Gasteiger partial charge in [-0.1, -0.05) is 30.3 Å². The van der Waals surface area contributed by atoms with Gasteiger partial charge in [0.1, 0.15) is 0 Å².